The third-order valence-corrected chi connectivity index (χ3v) is 6.54. The standard InChI is InChI=1S/C16H31N3O3S/c1-11(2)18(3)13-5-6-15(12(9-13)10-23(4,21)22)19-8-7-14(17)16(19)20/h11-15H,5-10,17H2,1-4H3/t12-,13+,14-,15-/m0/s1. The lowest BCUT2D eigenvalue weighted by molar-refractivity contribution is -0.132. The number of nitrogens with two attached hydrogens (primary N) is 1. The molecule has 0 aromatic carbocycles. The summed E-state index contributed by atoms with van der Waals surface area (Å²) in [5.41, 5.74) is 5.85. The minimum Gasteiger partial charge on any atom is -0.338 e. The van der Waals surface area contributed by atoms with Gasteiger partial charge in [0.2, 0.25) is 5.91 Å². The number of sulfone groups is 1. The summed E-state index contributed by atoms with van der Waals surface area (Å²) >= 11 is 0. The number of carbonyl (C=O) groups is 1. The Kier molecular flexibility index (Phi) is 5.74. The third kappa shape index (κ3) is 4.45. The predicted octanol–water partition coefficient (Wildman–Crippen LogP) is 0.468. The molecular formula is C16H31N3O3S. The van der Waals surface area contributed by atoms with E-state index in [1.54, 1.807) is 0 Å². The Labute approximate surface area is 140 Å². The molecule has 1 saturated heterocycles. The minimum absolute atomic E-state index is 0.000741. The van der Waals surface area contributed by atoms with Crippen LogP contribution in [0.1, 0.15) is 39.5 Å². The Balaban J connectivity index is 2.16. The van der Waals surface area contributed by atoms with Gasteiger partial charge in [-0.1, -0.05) is 0 Å². The molecule has 0 aromatic rings. The Morgan fingerprint density at radius 1 is 1.30 bits per heavy atom. The van der Waals surface area contributed by atoms with Crippen molar-refractivity contribution in [1.82, 2.24) is 9.80 Å². The highest BCUT2D eigenvalue weighted by Gasteiger charge is 2.42. The van der Waals surface area contributed by atoms with Gasteiger partial charge in [0.05, 0.1) is 11.8 Å². The van der Waals surface area contributed by atoms with E-state index < -0.39 is 15.9 Å². The summed E-state index contributed by atoms with van der Waals surface area (Å²) in [4.78, 5) is 16.5. The molecule has 1 aliphatic heterocycles. The van der Waals surface area contributed by atoms with Crippen molar-refractivity contribution in [3.63, 3.8) is 0 Å². The van der Waals surface area contributed by atoms with Crippen LogP contribution in [0.15, 0.2) is 0 Å². The Hall–Kier alpha value is -0.660. The lowest BCUT2D eigenvalue weighted by atomic mass is 9.81. The van der Waals surface area contributed by atoms with Gasteiger partial charge in [0.25, 0.3) is 0 Å². The van der Waals surface area contributed by atoms with Crippen LogP contribution in [-0.4, -0.2) is 73.9 Å². The molecule has 0 aromatic heterocycles. The van der Waals surface area contributed by atoms with Crippen LogP contribution in [0.5, 0.6) is 0 Å². The van der Waals surface area contributed by atoms with Crippen LogP contribution in [0.2, 0.25) is 0 Å². The first-order valence-electron chi connectivity index (χ1n) is 8.56. The van der Waals surface area contributed by atoms with Crippen molar-refractivity contribution >= 4 is 15.7 Å². The normalized spacial score (nSPS) is 33.0. The summed E-state index contributed by atoms with van der Waals surface area (Å²) in [6.45, 7) is 4.97. The lowest BCUT2D eigenvalue weighted by Crippen LogP contribution is -2.52. The molecule has 134 valence electrons. The largest absolute Gasteiger partial charge is 0.338 e. The van der Waals surface area contributed by atoms with Gasteiger partial charge >= 0.3 is 0 Å². The average Bonchev–Trinajstić information content (AvgIpc) is 2.76. The second-order valence-corrected chi connectivity index (χ2v) is 9.76. The van der Waals surface area contributed by atoms with E-state index in [9.17, 15) is 13.2 Å². The number of amides is 1. The van der Waals surface area contributed by atoms with Gasteiger partial charge in [-0.3, -0.25) is 4.79 Å². The first-order valence-corrected chi connectivity index (χ1v) is 10.6. The van der Waals surface area contributed by atoms with Gasteiger partial charge in [0.15, 0.2) is 0 Å². The van der Waals surface area contributed by atoms with Gasteiger partial charge in [-0.2, -0.15) is 0 Å². The van der Waals surface area contributed by atoms with Gasteiger partial charge in [0, 0.05) is 30.9 Å². The van der Waals surface area contributed by atoms with Crippen LogP contribution in [-0.2, 0) is 14.6 Å². The van der Waals surface area contributed by atoms with Gasteiger partial charge in [-0.15, -0.1) is 0 Å². The maximum Gasteiger partial charge on any atom is 0.239 e. The Morgan fingerprint density at radius 3 is 2.43 bits per heavy atom. The molecule has 2 N–H and O–H groups in total. The molecule has 7 heteroatoms. The van der Waals surface area contributed by atoms with Crippen molar-refractivity contribution in [2.45, 2.75) is 63.7 Å². The zero-order valence-corrected chi connectivity index (χ0v) is 15.6. The smallest absolute Gasteiger partial charge is 0.239 e. The van der Waals surface area contributed by atoms with Crippen molar-refractivity contribution < 1.29 is 13.2 Å². The number of likely N-dealkylation sites (tertiary alicyclic amines) is 1. The molecule has 1 saturated carbocycles. The van der Waals surface area contributed by atoms with Crippen LogP contribution in [0.3, 0.4) is 0 Å². The molecular weight excluding hydrogens is 314 g/mol. The number of hydrogen-bond acceptors (Lipinski definition) is 5. The molecule has 0 spiro atoms. The molecule has 0 bridgehead atoms. The number of rotatable bonds is 5. The third-order valence-electron chi connectivity index (χ3n) is 5.50. The van der Waals surface area contributed by atoms with E-state index in [1.807, 2.05) is 4.90 Å². The number of nitrogens with zero attached hydrogens (tertiary/aromatic N) is 2. The highest BCUT2D eigenvalue weighted by atomic mass is 32.2. The van der Waals surface area contributed by atoms with Crippen molar-refractivity contribution in [2.24, 2.45) is 11.7 Å². The van der Waals surface area contributed by atoms with E-state index in [0.29, 0.717) is 25.0 Å². The number of hydrogen-bond donors (Lipinski definition) is 1. The summed E-state index contributed by atoms with van der Waals surface area (Å²) in [5.74, 6) is 0.141. The predicted molar refractivity (Wildman–Crippen MR) is 91.8 cm³/mol. The molecule has 1 aliphatic carbocycles. The van der Waals surface area contributed by atoms with Crippen LogP contribution < -0.4 is 5.73 Å². The molecule has 2 aliphatic rings. The van der Waals surface area contributed by atoms with E-state index >= 15 is 0 Å². The van der Waals surface area contributed by atoms with E-state index in [1.165, 1.54) is 6.26 Å². The Morgan fingerprint density at radius 2 is 1.96 bits per heavy atom. The summed E-state index contributed by atoms with van der Waals surface area (Å²) in [6, 6.07) is 0.411. The first-order chi connectivity index (χ1) is 10.6. The summed E-state index contributed by atoms with van der Waals surface area (Å²) in [6.07, 6.45) is 4.65. The van der Waals surface area contributed by atoms with Crippen molar-refractivity contribution in [3.8, 4) is 0 Å². The van der Waals surface area contributed by atoms with Crippen LogP contribution in [0.25, 0.3) is 0 Å². The molecule has 1 heterocycles. The molecule has 1 amide bonds. The fourth-order valence-electron chi connectivity index (χ4n) is 4.05. The summed E-state index contributed by atoms with van der Waals surface area (Å²) < 4.78 is 23.7. The zero-order valence-electron chi connectivity index (χ0n) is 14.7. The maximum atomic E-state index is 12.3. The second kappa shape index (κ2) is 7.07. The summed E-state index contributed by atoms with van der Waals surface area (Å²) in [5, 5.41) is 0. The topological polar surface area (TPSA) is 83.7 Å². The highest BCUT2D eigenvalue weighted by Crippen LogP contribution is 2.34. The second-order valence-electron chi connectivity index (χ2n) is 7.57. The molecule has 0 radical (unpaired) electrons. The van der Waals surface area contributed by atoms with E-state index in [4.69, 9.17) is 5.73 Å². The van der Waals surface area contributed by atoms with Gasteiger partial charge in [-0.25, -0.2) is 8.42 Å². The van der Waals surface area contributed by atoms with Gasteiger partial charge in [0.1, 0.15) is 9.84 Å². The van der Waals surface area contributed by atoms with Crippen molar-refractivity contribution in [2.75, 3.05) is 25.6 Å². The highest BCUT2D eigenvalue weighted by molar-refractivity contribution is 7.90. The van der Waals surface area contributed by atoms with Crippen molar-refractivity contribution in [1.29, 1.82) is 0 Å². The van der Waals surface area contributed by atoms with E-state index in [2.05, 4.69) is 25.8 Å². The van der Waals surface area contributed by atoms with Crippen molar-refractivity contribution in [3.05, 3.63) is 0 Å². The minimum atomic E-state index is -3.07. The quantitative estimate of drug-likeness (QED) is 0.783. The molecule has 23 heavy (non-hydrogen) atoms. The lowest BCUT2D eigenvalue weighted by Gasteiger charge is -2.44. The molecule has 2 fully saturated rings. The summed E-state index contributed by atoms with van der Waals surface area (Å²) in [7, 11) is -0.973. The molecule has 4 atom stereocenters. The van der Waals surface area contributed by atoms with E-state index in [-0.39, 0.29) is 23.6 Å². The average molecular weight is 346 g/mol. The fourth-order valence-corrected chi connectivity index (χ4v) is 5.18. The monoisotopic (exact) mass is 345 g/mol. The molecule has 2 rings (SSSR count). The zero-order chi connectivity index (χ0) is 17.4. The molecule has 0 unspecified atom stereocenters. The van der Waals surface area contributed by atoms with E-state index in [0.717, 1.165) is 19.3 Å². The molecule has 6 nitrogen and oxygen atoms in total. The fraction of sp³-hybridized carbons (Fsp3) is 0.938. The van der Waals surface area contributed by atoms with Crippen LogP contribution in [0.4, 0.5) is 0 Å². The maximum absolute atomic E-state index is 12.3. The van der Waals surface area contributed by atoms with Crippen LogP contribution in [0, 0.1) is 5.92 Å². The number of carbonyl (C=O) groups excluding carboxylic acids is 1. The van der Waals surface area contributed by atoms with Gasteiger partial charge in [-0.05, 0) is 52.5 Å². The first kappa shape index (κ1) is 18.7. The van der Waals surface area contributed by atoms with Crippen LogP contribution >= 0.6 is 0 Å². The SMILES string of the molecule is CC(C)N(C)[C@@H]1CC[C@H](N2CC[C@H](N)C2=O)[C@H](CS(C)(=O)=O)C1. The Bertz CT molecular complexity index is 535. The van der Waals surface area contributed by atoms with Gasteiger partial charge < -0.3 is 15.5 Å².